The summed E-state index contributed by atoms with van der Waals surface area (Å²) in [7, 11) is 0. The van der Waals surface area contributed by atoms with Crippen LogP contribution in [-0.2, 0) is 9.53 Å². The van der Waals surface area contributed by atoms with Crippen molar-refractivity contribution in [2.75, 3.05) is 25.1 Å². The van der Waals surface area contributed by atoms with Gasteiger partial charge in [-0.05, 0) is 26.8 Å². The Bertz CT molecular complexity index is 480. The van der Waals surface area contributed by atoms with Crippen LogP contribution in [0.15, 0.2) is 6.07 Å². The summed E-state index contributed by atoms with van der Waals surface area (Å²) in [6.07, 6.45) is 0. The summed E-state index contributed by atoms with van der Waals surface area (Å²) in [6, 6.07) is 1.52. The molecule has 0 unspecified atom stereocenters. The summed E-state index contributed by atoms with van der Waals surface area (Å²) in [4.78, 5) is 20.6. The van der Waals surface area contributed by atoms with E-state index in [0.717, 1.165) is 11.4 Å². The van der Waals surface area contributed by atoms with Crippen molar-refractivity contribution >= 4 is 11.9 Å². The average molecular weight is 278 g/mol. The number of hydrogen-bond donors (Lipinski definition) is 2. The minimum absolute atomic E-state index is 0.0547. The third-order valence-corrected chi connectivity index (χ3v) is 3.31. The van der Waals surface area contributed by atoms with Gasteiger partial charge in [-0.15, -0.1) is 0 Å². The average Bonchev–Trinajstić information content (AvgIpc) is 2.32. The third-order valence-electron chi connectivity index (χ3n) is 3.31. The van der Waals surface area contributed by atoms with Crippen molar-refractivity contribution in [3.8, 4) is 0 Å². The topological polar surface area (TPSA) is 76.1 Å². The Morgan fingerprint density at radius 1 is 1.40 bits per heavy atom. The highest BCUT2D eigenvalue weighted by Crippen LogP contribution is 2.25. The molecule has 1 aliphatic heterocycles. The fourth-order valence-corrected chi connectivity index (χ4v) is 2.06. The highest BCUT2D eigenvalue weighted by atomic mass is 16.5. The molecule has 6 heteroatoms. The van der Waals surface area contributed by atoms with Crippen LogP contribution in [0.1, 0.15) is 25.2 Å². The van der Waals surface area contributed by atoms with Crippen LogP contribution < -0.4 is 10.6 Å². The smallest absolute Gasteiger partial charge is 0.242 e. The fraction of sp³-hybridized carbons (Fsp3) is 0.643. The van der Waals surface area contributed by atoms with E-state index in [1.54, 1.807) is 6.92 Å². The number of carbonyl (C=O) groups excluding carboxylic acids is 1. The van der Waals surface area contributed by atoms with Gasteiger partial charge in [0.2, 0.25) is 11.9 Å². The molecule has 1 fully saturated rings. The quantitative estimate of drug-likeness (QED) is 0.842. The molecule has 1 saturated heterocycles. The summed E-state index contributed by atoms with van der Waals surface area (Å²) in [6.45, 7) is 9.75. The first-order valence-corrected chi connectivity index (χ1v) is 6.82. The summed E-state index contributed by atoms with van der Waals surface area (Å²) in [5.74, 6) is 0.434. The van der Waals surface area contributed by atoms with E-state index in [0.29, 0.717) is 25.7 Å². The Kier molecular flexibility index (Phi) is 4.23. The van der Waals surface area contributed by atoms with E-state index in [1.165, 1.54) is 0 Å². The first-order valence-electron chi connectivity index (χ1n) is 6.82. The number of anilines is 1. The third kappa shape index (κ3) is 3.66. The Morgan fingerprint density at radius 2 is 2.00 bits per heavy atom. The van der Waals surface area contributed by atoms with Crippen LogP contribution in [0, 0.1) is 19.3 Å². The maximum Gasteiger partial charge on any atom is 0.242 e. The Labute approximate surface area is 119 Å². The van der Waals surface area contributed by atoms with Gasteiger partial charge in [0.25, 0.3) is 0 Å². The number of carbonyl (C=O) groups is 1. The van der Waals surface area contributed by atoms with Crippen LogP contribution in [0.25, 0.3) is 0 Å². The van der Waals surface area contributed by atoms with Crippen molar-refractivity contribution in [3.63, 3.8) is 0 Å². The van der Waals surface area contributed by atoms with Crippen LogP contribution >= 0.6 is 0 Å². The largest absolute Gasteiger partial charge is 0.380 e. The minimum atomic E-state index is -0.374. The van der Waals surface area contributed by atoms with Crippen LogP contribution in [-0.4, -0.2) is 41.7 Å². The number of aryl methyl sites for hydroxylation is 2. The fourth-order valence-electron chi connectivity index (χ4n) is 2.06. The number of rotatable bonds is 5. The molecule has 1 atom stereocenters. The first-order chi connectivity index (χ1) is 9.38. The zero-order valence-electron chi connectivity index (χ0n) is 12.5. The zero-order chi connectivity index (χ0) is 14.8. The maximum absolute atomic E-state index is 12.0. The van der Waals surface area contributed by atoms with E-state index in [4.69, 9.17) is 4.74 Å². The molecule has 1 aromatic heterocycles. The van der Waals surface area contributed by atoms with Crippen molar-refractivity contribution in [1.29, 1.82) is 0 Å². The van der Waals surface area contributed by atoms with E-state index in [1.807, 2.05) is 19.9 Å². The van der Waals surface area contributed by atoms with E-state index in [9.17, 15) is 4.79 Å². The van der Waals surface area contributed by atoms with Gasteiger partial charge in [-0.3, -0.25) is 4.79 Å². The number of ether oxygens (including phenoxy) is 1. The van der Waals surface area contributed by atoms with Gasteiger partial charge in [0, 0.05) is 23.3 Å². The van der Waals surface area contributed by atoms with Crippen molar-refractivity contribution in [2.24, 2.45) is 5.41 Å². The second-order valence-corrected chi connectivity index (χ2v) is 5.86. The molecule has 0 radical (unpaired) electrons. The standard InChI is InChI=1S/C14H22N4O2/c1-9-5-10(2)17-13(16-9)18-11(3)12(19)15-6-14(4)7-20-8-14/h5,11H,6-8H2,1-4H3,(H,15,19)(H,16,17,18)/t11-/m1/s1. The lowest BCUT2D eigenvalue weighted by Crippen LogP contribution is -2.50. The molecule has 2 rings (SSSR count). The Hall–Kier alpha value is -1.69. The van der Waals surface area contributed by atoms with E-state index in [-0.39, 0.29) is 17.4 Å². The lowest BCUT2D eigenvalue weighted by molar-refractivity contribution is -0.127. The second-order valence-electron chi connectivity index (χ2n) is 5.86. The highest BCUT2D eigenvalue weighted by molar-refractivity contribution is 5.83. The molecule has 110 valence electrons. The lowest BCUT2D eigenvalue weighted by Gasteiger charge is -2.38. The molecule has 0 aliphatic carbocycles. The predicted octanol–water partition coefficient (Wildman–Crippen LogP) is 1.05. The molecule has 0 bridgehead atoms. The second kappa shape index (κ2) is 5.75. The van der Waals surface area contributed by atoms with E-state index in [2.05, 4.69) is 27.5 Å². The van der Waals surface area contributed by atoms with Gasteiger partial charge in [0.1, 0.15) is 6.04 Å². The minimum Gasteiger partial charge on any atom is -0.380 e. The molecule has 0 saturated carbocycles. The van der Waals surface area contributed by atoms with Gasteiger partial charge in [0.05, 0.1) is 13.2 Å². The molecular formula is C14H22N4O2. The highest BCUT2D eigenvalue weighted by Gasteiger charge is 2.33. The van der Waals surface area contributed by atoms with Gasteiger partial charge in [-0.1, -0.05) is 6.92 Å². The molecule has 0 spiro atoms. The Morgan fingerprint density at radius 3 is 2.50 bits per heavy atom. The molecule has 2 heterocycles. The molecule has 1 aromatic rings. The van der Waals surface area contributed by atoms with Crippen molar-refractivity contribution in [3.05, 3.63) is 17.5 Å². The van der Waals surface area contributed by atoms with Crippen LogP contribution in [0.3, 0.4) is 0 Å². The van der Waals surface area contributed by atoms with Gasteiger partial charge < -0.3 is 15.4 Å². The van der Waals surface area contributed by atoms with Crippen molar-refractivity contribution in [1.82, 2.24) is 15.3 Å². The summed E-state index contributed by atoms with van der Waals surface area (Å²) in [5, 5.41) is 5.97. The van der Waals surface area contributed by atoms with Gasteiger partial charge in [0.15, 0.2) is 0 Å². The normalized spacial score (nSPS) is 18.0. The number of nitrogens with one attached hydrogen (secondary N) is 2. The number of nitrogens with zero attached hydrogens (tertiary/aromatic N) is 2. The molecular weight excluding hydrogens is 256 g/mol. The predicted molar refractivity (Wildman–Crippen MR) is 76.5 cm³/mol. The molecule has 1 amide bonds. The van der Waals surface area contributed by atoms with E-state index < -0.39 is 0 Å². The van der Waals surface area contributed by atoms with E-state index >= 15 is 0 Å². The van der Waals surface area contributed by atoms with Crippen LogP contribution in [0.2, 0.25) is 0 Å². The summed E-state index contributed by atoms with van der Waals surface area (Å²) in [5.41, 5.74) is 1.84. The maximum atomic E-state index is 12.0. The first kappa shape index (κ1) is 14.7. The van der Waals surface area contributed by atoms with Crippen molar-refractivity contribution < 1.29 is 9.53 Å². The Balaban J connectivity index is 1.86. The summed E-state index contributed by atoms with van der Waals surface area (Å²) >= 11 is 0. The SMILES string of the molecule is Cc1cc(C)nc(N[C@H](C)C(=O)NCC2(C)COC2)n1. The molecule has 1 aliphatic rings. The van der Waals surface area contributed by atoms with Crippen LogP contribution in [0.4, 0.5) is 5.95 Å². The van der Waals surface area contributed by atoms with Crippen molar-refractivity contribution in [2.45, 2.75) is 33.7 Å². The monoisotopic (exact) mass is 278 g/mol. The number of hydrogen-bond acceptors (Lipinski definition) is 5. The summed E-state index contributed by atoms with van der Waals surface area (Å²) < 4.78 is 5.17. The zero-order valence-corrected chi connectivity index (χ0v) is 12.5. The van der Waals surface area contributed by atoms with Gasteiger partial charge >= 0.3 is 0 Å². The number of aromatic nitrogens is 2. The number of amides is 1. The molecule has 6 nitrogen and oxygen atoms in total. The lowest BCUT2D eigenvalue weighted by atomic mass is 9.89. The molecule has 20 heavy (non-hydrogen) atoms. The van der Waals surface area contributed by atoms with Crippen LogP contribution in [0.5, 0.6) is 0 Å². The molecule has 2 N–H and O–H groups in total. The van der Waals surface area contributed by atoms with Gasteiger partial charge in [-0.25, -0.2) is 9.97 Å². The van der Waals surface area contributed by atoms with Gasteiger partial charge in [-0.2, -0.15) is 0 Å². The molecule has 0 aromatic carbocycles.